The van der Waals surface area contributed by atoms with Gasteiger partial charge in [-0.1, -0.05) is 231 Å². The van der Waals surface area contributed by atoms with Crippen molar-refractivity contribution in [1.82, 2.24) is 0 Å². The standard InChI is InChI=1S/C66H43NO/c1-2-16-46(17-3-1)52-20-6-7-21-53(52)48-34-32-44(33-35-48)45-36-40-50(41-37-45)67(51-42-38-49(39-43-51)55-28-15-30-62-58-25-12-13-31-63(58)68-66(55)62)65-61-27-11-9-24-57(61)56-23-8-10-26-60(56)64(65)59-29-14-19-47-18-4-5-22-54(47)59/h1-43H. The summed E-state index contributed by atoms with van der Waals surface area (Å²) in [5.41, 5.74) is 16.8. The Morgan fingerprint density at radius 1 is 0.250 bits per heavy atom. The van der Waals surface area contributed by atoms with Crippen LogP contribution in [0.2, 0.25) is 0 Å². The summed E-state index contributed by atoms with van der Waals surface area (Å²) >= 11 is 0. The fourth-order valence-electron chi connectivity index (χ4n) is 10.5. The molecule has 12 aromatic carbocycles. The minimum atomic E-state index is 0.898. The highest BCUT2D eigenvalue weighted by atomic mass is 16.3. The maximum Gasteiger partial charge on any atom is 0.143 e. The summed E-state index contributed by atoms with van der Waals surface area (Å²) in [6.45, 7) is 0. The number of furan rings is 1. The molecule has 0 amide bonds. The van der Waals surface area contributed by atoms with Gasteiger partial charge in [-0.2, -0.15) is 0 Å². The molecule has 0 atom stereocenters. The molecule has 68 heavy (non-hydrogen) atoms. The first kappa shape index (κ1) is 39.4. The third-order valence-corrected chi connectivity index (χ3v) is 13.7. The van der Waals surface area contributed by atoms with Gasteiger partial charge in [0.25, 0.3) is 0 Å². The van der Waals surface area contributed by atoms with Crippen LogP contribution in [-0.4, -0.2) is 0 Å². The molecule has 2 heteroatoms. The van der Waals surface area contributed by atoms with E-state index in [0.29, 0.717) is 0 Å². The normalized spacial score (nSPS) is 11.5. The summed E-state index contributed by atoms with van der Waals surface area (Å²) in [5.74, 6) is 0. The molecule has 13 rings (SSSR count). The zero-order chi connectivity index (χ0) is 45.0. The fraction of sp³-hybridized carbons (Fsp3) is 0. The van der Waals surface area contributed by atoms with Crippen LogP contribution in [-0.2, 0) is 0 Å². The Hall–Kier alpha value is -8.98. The van der Waals surface area contributed by atoms with Gasteiger partial charge in [-0.15, -0.1) is 0 Å². The quantitative estimate of drug-likeness (QED) is 0.142. The Bertz CT molecular complexity index is 3990. The zero-order valence-corrected chi connectivity index (χ0v) is 37.2. The Labute approximate surface area is 395 Å². The second-order valence-corrected chi connectivity index (χ2v) is 17.5. The van der Waals surface area contributed by atoms with Crippen LogP contribution in [0, 0.1) is 0 Å². The topological polar surface area (TPSA) is 16.4 Å². The predicted octanol–water partition coefficient (Wildman–Crippen LogP) is 18.9. The number of hydrogen-bond donors (Lipinski definition) is 0. The van der Waals surface area contributed by atoms with Crippen molar-refractivity contribution in [2.75, 3.05) is 4.90 Å². The third-order valence-electron chi connectivity index (χ3n) is 13.7. The van der Waals surface area contributed by atoms with Gasteiger partial charge in [0.05, 0.1) is 5.69 Å². The van der Waals surface area contributed by atoms with Crippen molar-refractivity contribution in [3.63, 3.8) is 0 Å². The maximum absolute atomic E-state index is 6.53. The van der Waals surface area contributed by atoms with Crippen molar-refractivity contribution in [3.8, 4) is 55.6 Å². The van der Waals surface area contributed by atoms with E-state index in [0.717, 1.165) is 55.7 Å². The van der Waals surface area contributed by atoms with Crippen LogP contribution in [0.15, 0.2) is 265 Å². The highest BCUT2D eigenvalue weighted by Gasteiger charge is 2.25. The number of para-hydroxylation sites is 2. The van der Waals surface area contributed by atoms with Crippen molar-refractivity contribution in [2.24, 2.45) is 0 Å². The van der Waals surface area contributed by atoms with Gasteiger partial charge in [0.2, 0.25) is 0 Å². The number of hydrogen-bond acceptors (Lipinski definition) is 2. The molecule has 0 bridgehead atoms. The van der Waals surface area contributed by atoms with Gasteiger partial charge in [-0.3, -0.25) is 0 Å². The molecular formula is C66H43NO. The monoisotopic (exact) mass is 865 g/mol. The van der Waals surface area contributed by atoms with E-state index in [1.807, 2.05) is 12.1 Å². The van der Waals surface area contributed by atoms with E-state index in [-0.39, 0.29) is 0 Å². The average Bonchev–Trinajstić information content (AvgIpc) is 3.81. The van der Waals surface area contributed by atoms with Crippen LogP contribution in [0.4, 0.5) is 17.1 Å². The fourth-order valence-corrected chi connectivity index (χ4v) is 10.5. The molecule has 0 aliphatic carbocycles. The van der Waals surface area contributed by atoms with Gasteiger partial charge >= 0.3 is 0 Å². The summed E-state index contributed by atoms with van der Waals surface area (Å²) in [7, 11) is 0. The van der Waals surface area contributed by atoms with Crippen molar-refractivity contribution < 1.29 is 4.42 Å². The SMILES string of the molecule is c1ccc(-c2ccccc2-c2ccc(-c3ccc(N(c4ccc(-c5cccc6c5oc5ccccc56)cc4)c4c(-c5cccc6ccccc56)c5ccccc5c5ccccc45)cc3)cc2)cc1. The second kappa shape index (κ2) is 16.5. The lowest BCUT2D eigenvalue weighted by molar-refractivity contribution is 0.670. The minimum Gasteiger partial charge on any atom is -0.455 e. The van der Waals surface area contributed by atoms with Crippen LogP contribution >= 0.6 is 0 Å². The highest BCUT2D eigenvalue weighted by Crippen LogP contribution is 2.51. The first-order valence-electron chi connectivity index (χ1n) is 23.3. The molecular weight excluding hydrogens is 823 g/mol. The lowest BCUT2D eigenvalue weighted by Gasteiger charge is -2.31. The van der Waals surface area contributed by atoms with Gasteiger partial charge < -0.3 is 9.32 Å². The lowest BCUT2D eigenvalue weighted by atomic mass is 9.88. The zero-order valence-electron chi connectivity index (χ0n) is 37.2. The number of anilines is 3. The molecule has 2 nitrogen and oxygen atoms in total. The molecule has 13 aromatic rings. The lowest BCUT2D eigenvalue weighted by Crippen LogP contribution is -2.12. The molecule has 0 spiro atoms. The summed E-state index contributed by atoms with van der Waals surface area (Å²) < 4.78 is 6.53. The van der Waals surface area contributed by atoms with Crippen molar-refractivity contribution in [2.45, 2.75) is 0 Å². The number of nitrogens with zero attached hydrogens (tertiary/aromatic N) is 1. The van der Waals surface area contributed by atoms with E-state index >= 15 is 0 Å². The number of fused-ring (bicyclic) bond motifs is 7. The third kappa shape index (κ3) is 6.65. The van der Waals surface area contributed by atoms with E-state index in [1.54, 1.807) is 0 Å². The smallest absolute Gasteiger partial charge is 0.143 e. The van der Waals surface area contributed by atoms with Crippen molar-refractivity contribution >= 4 is 71.3 Å². The van der Waals surface area contributed by atoms with Gasteiger partial charge in [0.1, 0.15) is 11.2 Å². The van der Waals surface area contributed by atoms with E-state index in [2.05, 4.69) is 254 Å². The van der Waals surface area contributed by atoms with E-state index in [4.69, 9.17) is 4.42 Å². The largest absolute Gasteiger partial charge is 0.455 e. The molecule has 1 heterocycles. The Kier molecular flexibility index (Phi) is 9.54. The number of rotatable bonds is 8. The first-order valence-corrected chi connectivity index (χ1v) is 23.3. The molecule has 0 saturated carbocycles. The van der Waals surface area contributed by atoms with Crippen molar-refractivity contribution in [1.29, 1.82) is 0 Å². The van der Waals surface area contributed by atoms with Crippen LogP contribution in [0.5, 0.6) is 0 Å². The van der Waals surface area contributed by atoms with Gasteiger partial charge in [-0.05, 0) is 102 Å². The summed E-state index contributed by atoms with van der Waals surface area (Å²) in [6.07, 6.45) is 0. The Morgan fingerprint density at radius 2 is 0.676 bits per heavy atom. The summed E-state index contributed by atoms with van der Waals surface area (Å²) in [6, 6.07) is 94.5. The van der Waals surface area contributed by atoms with Gasteiger partial charge in [0.15, 0.2) is 0 Å². The average molecular weight is 866 g/mol. The molecule has 318 valence electrons. The first-order chi connectivity index (χ1) is 33.7. The second-order valence-electron chi connectivity index (χ2n) is 17.5. The van der Waals surface area contributed by atoms with Crippen LogP contribution in [0.3, 0.4) is 0 Å². The molecule has 0 N–H and O–H groups in total. The molecule has 1 aromatic heterocycles. The Morgan fingerprint density at radius 3 is 1.38 bits per heavy atom. The van der Waals surface area contributed by atoms with E-state index in [1.165, 1.54) is 71.3 Å². The van der Waals surface area contributed by atoms with Crippen LogP contribution in [0.1, 0.15) is 0 Å². The minimum absolute atomic E-state index is 0.898. The van der Waals surface area contributed by atoms with Gasteiger partial charge in [-0.25, -0.2) is 0 Å². The van der Waals surface area contributed by atoms with E-state index < -0.39 is 0 Å². The van der Waals surface area contributed by atoms with Gasteiger partial charge in [0, 0.05) is 38.7 Å². The maximum atomic E-state index is 6.53. The predicted molar refractivity (Wildman–Crippen MR) is 288 cm³/mol. The molecule has 0 saturated heterocycles. The van der Waals surface area contributed by atoms with E-state index in [9.17, 15) is 0 Å². The molecule has 0 aliphatic heterocycles. The summed E-state index contributed by atoms with van der Waals surface area (Å²) in [5, 5.41) is 9.52. The van der Waals surface area contributed by atoms with Crippen molar-refractivity contribution in [3.05, 3.63) is 261 Å². The molecule has 0 aliphatic rings. The molecule has 0 radical (unpaired) electrons. The molecule has 0 fully saturated rings. The Balaban J connectivity index is 0.990. The molecule has 0 unspecified atom stereocenters. The highest BCUT2D eigenvalue weighted by molar-refractivity contribution is 6.24. The summed E-state index contributed by atoms with van der Waals surface area (Å²) in [4.78, 5) is 2.48. The number of benzene rings is 12. The van der Waals surface area contributed by atoms with Crippen LogP contribution in [0.25, 0.3) is 110 Å². The van der Waals surface area contributed by atoms with Crippen LogP contribution < -0.4 is 4.90 Å².